The fraction of sp³-hybridized carbons (Fsp3) is 0.200. The smallest absolute Gasteiger partial charge is 0.219 e. The molecular formula is C10H12N4O. The minimum Gasteiger partial charge on any atom is -0.436 e. The summed E-state index contributed by atoms with van der Waals surface area (Å²) in [5.74, 6) is 1.23. The Kier molecular flexibility index (Phi) is 2.94. The van der Waals surface area contributed by atoms with Gasteiger partial charge in [0.05, 0.1) is 18.9 Å². The molecule has 0 radical (unpaired) electrons. The van der Waals surface area contributed by atoms with Gasteiger partial charge in [-0.05, 0) is 6.07 Å². The lowest BCUT2D eigenvalue weighted by Crippen LogP contribution is -2.09. The predicted octanol–water partition coefficient (Wildman–Crippen LogP) is 1.03. The highest BCUT2D eigenvalue weighted by molar-refractivity contribution is 5.20. The van der Waals surface area contributed by atoms with Crippen LogP contribution in [0.25, 0.3) is 0 Å². The molecule has 0 saturated heterocycles. The van der Waals surface area contributed by atoms with Gasteiger partial charge in [0, 0.05) is 18.8 Å². The quantitative estimate of drug-likeness (QED) is 0.807. The average molecular weight is 204 g/mol. The number of rotatable bonds is 4. The van der Waals surface area contributed by atoms with Gasteiger partial charge in [-0.1, -0.05) is 6.07 Å². The third kappa shape index (κ3) is 2.54. The third-order valence-electron chi connectivity index (χ3n) is 1.83. The van der Waals surface area contributed by atoms with E-state index in [-0.39, 0.29) is 0 Å². The molecule has 0 amide bonds. The van der Waals surface area contributed by atoms with Gasteiger partial charge in [0.15, 0.2) is 5.75 Å². The van der Waals surface area contributed by atoms with E-state index in [1.807, 2.05) is 12.1 Å². The molecule has 2 rings (SSSR count). The van der Waals surface area contributed by atoms with Crippen LogP contribution in [0.3, 0.4) is 0 Å². The van der Waals surface area contributed by atoms with E-state index in [2.05, 4.69) is 10.1 Å². The molecule has 15 heavy (non-hydrogen) atoms. The Hall–Kier alpha value is -1.88. The number of hydrogen-bond acceptors (Lipinski definition) is 4. The van der Waals surface area contributed by atoms with Crippen LogP contribution in [0.4, 0.5) is 0 Å². The highest BCUT2D eigenvalue weighted by atomic mass is 16.5. The largest absolute Gasteiger partial charge is 0.436 e. The first-order chi connectivity index (χ1) is 7.38. The highest BCUT2D eigenvalue weighted by Crippen LogP contribution is 2.16. The minimum absolute atomic E-state index is 0.560. The summed E-state index contributed by atoms with van der Waals surface area (Å²) < 4.78 is 7.20. The van der Waals surface area contributed by atoms with Gasteiger partial charge in [0.25, 0.3) is 0 Å². The lowest BCUT2D eigenvalue weighted by atomic mass is 10.5. The zero-order chi connectivity index (χ0) is 10.5. The van der Waals surface area contributed by atoms with Gasteiger partial charge >= 0.3 is 0 Å². The molecule has 0 aliphatic carbocycles. The van der Waals surface area contributed by atoms with E-state index in [9.17, 15) is 0 Å². The number of nitrogens with zero attached hydrogens (tertiary/aromatic N) is 3. The van der Waals surface area contributed by atoms with Gasteiger partial charge in [0.1, 0.15) is 0 Å². The number of hydrogen-bond donors (Lipinski definition) is 1. The molecule has 0 saturated carbocycles. The predicted molar refractivity (Wildman–Crippen MR) is 55.6 cm³/mol. The van der Waals surface area contributed by atoms with Crippen LogP contribution in [-0.2, 0) is 6.54 Å². The molecule has 0 aromatic carbocycles. The number of nitrogens with two attached hydrogens (primary N) is 1. The summed E-state index contributed by atoms with van der Waals surface area (Å²) >= 11 is 0. The molecular weight excluding hydrogens is 192 g/mol. The van der Waals surface area contributed by atoms with E-state index < -0.39 is 0 Å². The van der Waals surface area contributed by atoms with Gasteiger partial charge in [0.2, 0.25) is 5.88 Å². The van der Waals surface area contributed by atoms with Crippen molar-refractivity contribution in [2.75, 3.05) is 6.54 Å². The van der Waals surface area contributed by atoms with E-state index in [1.165, 1.54) is 0 Å². The average Bonchev–Trinajstić information content (AvgIpc) is 2.68. The van der Waals surface area contributed by atoms with Crippen LogP contribution >= 0.6 is 0 Å². The molecule has 0 spiro atoms. The molecule has 0 bridgehead atoms. The number of ether oxygens (including phenoxy) is 1. The molecule has 0 aliphatic heterocycles. The maximum atomic E-state index is 5.47. The molecule has 0 unspecified atom stereocenters. The first kappa shape index (κ1) is 9.67. The lowest BCUT2D eigenvalue weighted by molar-refractivity contribution is 0.461. The van der Waals surface area contributed by atoms with E-state index in [4.69, 9.17) is 10.5 Å². The van der Waals surface area contributed by atoms with Crippen molar-refractivity contribution >= 4 is 0 Å². The summed E-state index contributed by atoms with van der Waals surface area (Å²) in [5.41, 5.74) is 5.41. The zero-order valence-electron chi connectivity index (χ0n) is 8.21. The molecule has 0 fully saturated rings. The van der Waals surface area contributed by atoms with Crippen molar-refractivity contribution in [3.63, 3.8) is 0 Å². The second-order valence-corrected chi connectivity index (χ2v) is 3.00. The molecule has 2 aromatic rings. The Morgan fingerprint density at radius 3 is 3.07 bits per heavy atom. The Bertz CT molecular complexity index is 412. The maximum absolute atomic E-state index is 5.47. The minimum atomic E-state index is 0.560. The fourth-order valence-electron chi connectivity index (χ4n) is 1.18. The summed E-state index contributed by atoms with van der Waals surface area (Å²) in [5, 5.41) is 4.09. The van der Waals surface area contributed by atoms with Gasteiger partial charge in [-0.2, -0.15) is 5.10 Å². The topological polar surface area (TPSA) is 66.0 Å². The molecule has 5 nitrogen and oxygen atoms in total. The summed E-state index contributed by atoms with van der Waals surface area (Å²) in [4.78, 5) is 4.05. The Labute approximate surface area is 87.5 Å². The van der Waals surface area contributed by atoms with Gasteiger partial charge in [-0.15, -0.1) is 0 Å². The summed E-state index contributed by atoms with van der Waals surface area (Å²) in [6.07, 6.45) is 5.12. The van der Waals surface area contributed by atoms with Crippen LogP contribution < -0.4 is 10.5 Å². The van der Waals surface area contributed by atoms with Crippen molar-refractivity contribution in [1.82, 2.24) is 14.8 Å². The van der Waals surface area contributed by atoms with Crippen LogP contribution in [0.5, 0.6) is 11.6 Å². The van der Waals surface area contributed by atoms with E-state index >= 15 is 0 Å². The van der Waals surface area contributed by atoms with Crippen LogP contribution in [0.1, 0.15) is 0 Å². The van der Waals surface area contributed by atoms with Gasteiger partial charge in [-0.25, -0.2) is 4.98 Å². The van der Waals surface area contributed by atoms with Crippen molar-refractivity contribution in [1.29, 1.82) is 0 Å². The van der Waals surface area contributed by atoms with Crippen LogP contribution in [0.2, 0.25) is 0 Å². The van der Waals surface area contributed by atoms with E-state index in [1.54, 1.807) is 29.3 Å². The summed E-state index contributed by atoms with van der Waals surface area (Å²) in [6.45, 7) is 1.25. The SMILES string of the molecule is NCCn1cc(Oc2ccccn2)cn1. The Morgan fingerprint density at radius 2 is 2.33 bits per heavy atom. The van der Waals surface area contributed by atoms with Crippen LogP contribution in [0, 0.1) is 0 Å². The maximum Gasteiger partial charge on any atom is 0.219 e. The standard InChI is InChI=1S/C10H12N4O/c11-4-6-14-8-9(7-13-14)15-10-3-1-2-5-12-10/h1-3,5,7-8H,4,6,11H2. The molecule has 0 atom stereocenters. The van der Waals surface area contributed by atoms with Crippen LogP contribution in [0.15, 0.2) is 36.8 Å². The summed E-state index contributed by atoms with van der Waals surface area (Å²) in [6, 6.07) is 5.50. The first-order valence-electron chi connectivity index (χ1n) is 4.70. The fourth-order valence-corrected chi connectivity index (χ4v) is 1.18. The Balaban J connectivity index is 2.05. The highest BCUT2D eigenvalue weighted by Gasteiger charge is 2.00. The monoisotopic (exact) mass is 204 g/mol. The van der Waals surface area contributed by atoms with E-state index in [0.717, 1.165) is 0 Å². The molecule has 2 N–H and O–H groups in total. The van der Waals surface area contributed by atoms with Crippen molar-refractivity contribution in [3.8, 4) is 11.6 Å². The van der Waals surface area contributed by atoms with E-state index in [0.29, 0.717) is 24.7 Å². The summed E-state index contributed by atoms with van der Waals surface area (Å²) in [7, 11) is 0. The zero-order valence-corrected chi connectivity index (χ0v) is 8.21. The molecule has 78 valence electrons. The Morgan fingerprint density at radius 1 is 1.40 bits per heavy atom. The molecule has 5 heteroatoms. The lowest BCUT2D eigenvalue weighted by Gasteiger charge is -1.99. The van der Waals surface area contributed by atoms with Crippen molar-refractivity contribution in [2.24, 2.45) is 5.73 Å². The molecule has 2 heterocycles. The third-order valence-corrected chi connectivity index (χ3v) is 1.83. The van der Waals surface area contributed by atoms with Gasteiger partial charge in [-0.3, -0.25) is 4.68 Å². The number of aromatic nitrogens is 3. The normalized spacial score (nSPS) is 10.2. The molecule has 0 aliphatic rings. The van der Waals surface area contributed by atoms with Crippen molar-refractivity contribution in [3.05, 3.63) is 36.8 Å². The second kappa shape index (κ2) is 4.56. The van der Waals surface area contributed by atoms with Crippen molar-refractivity contribution < 1.29 is 4.74 Å². The first-order valence-corrected chi connectivity index (χ1v) is 4.70. The second-order valence-electron chi connectivity index (χ2n) is 3.00. The molecule has 2 aromatic heterocycles. The van der Waals surface area contributed by atoms with Crippen LogP contribution in [-0.4, -0.2) is 21.3 Å². The van der Waals surface area contributed by atoms with Crippen molar-refractivity contribution in [2.45, 2.75) is 6.54 Å². The number of pyridine rings is 1. The van der Waals surface area contributed by atoms with Gasteiger partial charge < -0.3 is 10.5 Å².